The van der Waals surface area contributed by atoms with E-state index in [-0.39, 0.29) is 16.8 Å². The standard InChI is InChI=1S/C28H20N2O6S/c1-17-5-2-8-22(15-17)36-21-12-10-19(11-13-21)29-25(23-9-4-14-37-23)24(27(32)28(29)33)26(31)18-6-3-7-20(16-18)30(34)35/h2-16,25,31H,1H3/b26-24-. The minimum Gasteiger partial charge on any atom is -0.507 e. The molecule has 8 nitrogen and oxygen atoms in total. The summed E-state index contributed by atoms with van der Waals surface area (Å²) in [6.45, 7) is 1.96. The average molecular weight is 513 g/mol. The lowest BCUT2D eigenvalue weighted by atomic mass is 9.99. The van der Waals surface area contributed by atoms with Gasteiger partial charge in [-0.15, -0.1) is 11.3 Å². The van der Waals surface area contributed by atoms with Crippen LogP contribution >= 0.6 is 11.3 Å². The van der Waals surface area contributed by atoms with Crippen molar-refractivity contribution in [1.82, 2.24) is 0 Å². The zero-order valence-electron chi connectivity index (χ0n) is 19.5. The summed E-state index contributed by atoms with van der Waals surface area (Å²) >= 11 is 1.33. The summed E-state index contributed by atoms with van der Waals surface area (Å²) in [5.41, 5.74) is 1.20. The number of rotatable bonds is 6. The van der Waals surface area contributed by atoms with Gasteiger partial charge in [0.15, 0.2) is 0 Å². The number of nitro benzene ring substituents is 1. The Morgan fingerprint density at radius 3 is 2.41 bits per heavy atom. The molecular formula is C28H20N2O6S. The molecule has 37 heavy (non-hydrogen) atoms. The molecule has 184 valence electrons. The van der Waals surface area contributed by atoms with Crippen LogP contribution in [0.3, 0.4) is 0 Å². The highest BCUT2D eigenvalue weighted by Crippen LogP contribution is 2.44. The number of ether oxygens (including phenoxy) is 1. The Kier molecular flexibility index (Phi) is 6.29. The maximum atomic E-state index is 13.2. The van der Waals surface area contributed by atoms with Crippen molar-refractivity contribution in [3.8, 4) is 11.5 Å². The first-order valence-electron chi connectivity index (χ1n) is 11.3. The molecule has 2 heterocycles. The molecule has 9 heteroatoms. The van der Waals surface area contributed by atoms with Crippen LogP contribution in [0.15, 0.2) is 95.9 Å². The number of carbonyl (C=O) groups excluding carboxylic acids is 2. The molecule has 1 saturated heterocycles. The highest BCUT2D eigenvalue weighted by atomic mass is 32.1. The molecule has 1 amide bonds. The summed E-state index contributed by atoms with van der Waals surface area (Å²) < 4.78 is 5.90. The highest BCUT2D eigenvalue weighted by Gasteiger charge is 2.47. The molecule has 0 radical (unpaired) electrons. The number of thiophene rings is 1. The Hall–Kier alpha value is -4.76. The van der Waals surface area contributed by atoms with E-state index in [0.29, 0.717) is 22.1 Å². The number of Topliss-reactive ketones (excluding diaryl/α,β-unsaturated/α-hetero) is 1. The molecule has 1 unspecified atom stereocenters. The maximum absolute atomic E-state index is 13.2. The lowest BCUT2D eigenvalue weighted by molar-refractivity contribution is -0.384. The number of hydrogen-bond donors (Lipinski definition) is 1. The number of nitro groups is 1. The largest absolute Gasteiger partial charge is 0.507 e. The number of carbonyl (C=O) groups is 2. The SMILES string of the molecule is Cc1cccc(Oc2ccc(N3C(=O)C(=O)/C(=C(\O)c4cccc([N+](=O)[O-])c4)C3c3cccs3)cc2)c1. The van der Waals surface area contributed by atoms with Crippen molar-refractivity contribution in [2.24, 2.45) is 0 Å². The predicted molar refractivity (Wildman–Crippen MR) is 140 cm³/mol. The summed E-state index contributed by atoms with van der Waals surface area (Å²) in [6.07, 6.45) is 0. The smallest absolute Gasteiger partial charge is 0.300 e. The van der Waals surface area contributed by atoms with Crippen molar-refractivity contribution < 1.29 is 24.4 Å². The van der Waals surface area contributed by atoms with Crippen LogP contribution in [0.1, 0.15) is 22.0 Å². The number of aliphatic hydroxyl groups is 1. The fourth-order valence-electron chi connectivity index (χ4n) is 4.23. The third-order valence-corrected chi connectivity index (χ3v) is 6.85. The third kappa shape index (κ3) is 4.60. The minimum absolute atomic E-state index is 0.0793. The molecule has 4 aromatic rings. The summed E-state index contributed by atoms with van der Waals surface area (Å²) in [5, 5.41) is 24.2. The van der Waals surface area contributed by atoms with E-state index in [1.165, 1.54) is 40.5 Å². The zero-order chi connectivity index (χ0) is 26.1. The molecular weight excluding hydrogens is 492 g/mol. The summed E-state index contributed by atoms with van der Waals surface area (Å²) in [6, 6.07) is 22.3. The van der Waals surface area contributed by atoms with Crippen LogP contribution in [0.5, 0.6) is 11.5 Å². The van der Waals surface area contributed by atoms with Gasteiger partial charge < -0.3 is 9.84 Å². The first kappa shape index (κ1) is 24.0. The van der Waals surface area contributed by atoms with Gasteiger partial charge >= 0.3 is 0 Å². The molecule has 0 saturated carbocycles. The molecule has 1 aromatic heterocycles. The lowest BCUT2D eigenvalue weighted by Crippen LogP contribution is -2.29. The number of nitrogens with zero attached hydrogens (tertiary/aromatic N) is 2. The van der Waals surface area contributed by atoms with Crippen LogP contribution in [0.4, 0.5) is 11.4 Å². The monoisotopic (exact) mass is 512 g/mol. The topological polar surface area (TPSA) is 110 Å². The van der Waals surface area contributed by atoms with E-state index in [2.05, 4.69) is 0 Å². The van der Waals surface area contributed by atoms with Gasteiger partial charge in [-0.2, -0.15) is 0 Å². The number of non-ortho nitro benzene ring substituents is 1. The van der Waals surface area contributed by atoms with E-state index in [9.17, 15) is 24.8 Å². The van der Waals surface area contributed by atoms with Crippen LogP contribution in [-0.2, 0) is 9.59 Å². The second kappa shape index (κ2) is 9.71. The van der Waals surface area contributed by atoms with E-state index >= 15 is 0 Å². The predicted octanol–water partition coefficient (Wildman–Crippen LogP) is 6.38. The molecule has 0 bridgehead atoms. The summed E-state index contributed by atoms with van der Waals surface area (Å²) in [7, 11) is 0. The van der Waals surface area contributed by atoms with Crippen molar-refractivity contribution in [3.05, 3.63) is 122 Å². The van der Waals surface area contributed by atoms with E-state index in [1.807, 2.05) is 36.6 Å². The van der Waals surface area contributed by atoms with Crippen LogP contribution < -0.4 is 9.64 Å². The quantitative estimate of drug-likeness (QED) is 0.105. The molecule has 1 atom stereocenters. The van der Waals surface area contributed by atoms with E-state index < -0.39 is 28.4 Å². The average Bonchev–Trinajstić information content (AvgIpc) is 3.51. The molecule has 1 fully saturated rings. The van der Waals surface area contributed by atoms with Crippen molar-refractivity contribution in [2.45, 2.75) is 13.0 Å². The van der Waals surface area contributed by atoms with E-state index in [1.54, 1.807) is 36.4 Å². The second-order valence-electron chi connectivity index (χ2n) is 8.40. The van der Waals surface area contributed by atoms with Crippen molar-refractivity contribution in [2.75, 3.05) is 4.90 Å². The van der Waals surface area contributed by atoms with Gasteiger partial charge in [0, 0.05) is 28.3 Å². The molecule has 1 aliphatic heterocycles. The van der Waals surface area contributed by atoms with Crippen LogP contribution in [0.2, 0.25) is 0 Å². The molecule has 0 spiro atoms. The van der Waals surface area contributed by atoms with Crippen LogP contribution in [0, 0.1) is 17.0 Å². The normalized spacial score (nSPS) is 16.7. The van der Waals surface area contributed by atoms with Crippen molar-refractivity contribution in [3.63, 3.8) is 0 Å². The first-order chi connectivity index (χ1) is 17.8. The van der Waals surface area contributed by atoms with Crippen LogP contribution in [0.25, 0.3) is 5.76 Å². The molecule has 1 aliphatic rings. The maximum Gasteiger partial charge on any atom is 0.300 e. The van der Waals surface area contributed by atoms with Crippen molar-refractivity contribution in [1.29, 1.82) is 0 Å². The van der Waals surface area contributed by atoms with Gasteiger partial charge in [0.2, 0.25) is 0 Å². The Morgan fingerprint density at radius 2 is 1.73 bits per heavy atom. The fraction of sp³-hybridized carbons (Fsp3) is 0.0714. The molecule has 5 rings (SSSR count). The molecule has 0 aliphatic carbocycles. The number of hydrogen-bond acceptors (Lipinski definition) is 7. The van der Waals surface area contributed by atoms with Gasteiger partial charge in [-0.3, -0.25) is 24.6 Å². The van der Waals surface area contributed by atoms with Gasteiger partial charge in [0.25, 0.3) is 17.4 Å². The summed E-state index contributed by atoms with van der Waals surface area (Å²) in [4.78, 5) is 39.1. The number of amides is 1. The first-order valence-corrected chi connectivity index (χ1v) is 12.2. The minimum atomic E-state index is -0.900. The van der Waals surface area contributed by atoms with Gasteiger partial charge in [-0.05, 0) is 60.3 Å². The summed E-state index contributed by atoms with van der Waals surface area (Å²) in [5.74, 6) is -0.929. The van der Waals surface area contributed by atoms with Gasteiger partial charge in [0.05, 0.1) is 10.5 Å². The molecule has 1 N–H and O–H groups in total. The number of anilines is 1. The number of aryl methyl sites for hydroxylation is 1. The Morgan fingerprint density at radius 1 is 0.973 bits per heavy atom. The highest BCUT2D eigenvalue weighted by molar-refractivity contribution is 7.10. The fourth-order valence-corrected chi connectivity index (χ4v) is 5.05. The number of benzene rings is 3. The zero-order valence-corrected chi connectivity index (χ0v) is 20.3. The Balaban J connectivity index is 1.55. The Labute approximate surface area is 215 Å². The number of ketones is 1. The Bertz CT molecular complexity index is 1540. The lowest BCUT2D eigenvalue weighted by Gasteiger charge is -2.24. The van der Waals surface area contributed by atoms with Gasteiger partial charge in [-0.25, -0.2) is 0 Å². The van der Waals surface area contributed by atoms with Gasteiger partial charge in [-0.1, -0.05) is 30.3 Å². The van der Waals surface area contributed by atoms with Crippen molar-refractivity contribution >= 4 is 40.2 Å². The third-order valence-electron chi connectivity index (χ3n) is 5.93. The molecule has 3 aromatic carbocycles. The number of aliphatic hydroxyl groups excluding tert-OH is 1. The van der Waals surface area contributed by atoms with E-state index in [0.717, 1.165) is 5.56 Å². The van der Waals surface area contributed by atoms with E-state index in [4.69, 9.17) is 4.74 Å². The van der Waals surface area contributed by atoms with Gasteiger partial charge in [0.1, 0.15) is 23.3 Å². The van der Waals surface area contributed by atoms with Crippen LogP contribution in [-0.4, -0.2) is 21.7 Å². The second-order valence-corrected chi connectivity index (χ2v) is 9.38.